The van der Waals surface area contributed by atoms with Gasteiger partial charge in [0.1, 0.15) is 48.8 Å². The maximum Gasteiger partial charge on any atom is 0.220 e. The second-order valence-corrected chi connectivity index (χ2v) is 26.0. The van der Waals surface area contributed by atoms with E-state index < -0.39 is 86.8 Å². The molecule has 2 saturated heterocycles. The summed E-state index contributed by atoms with van der Waals surface area (Å²) >= 11 is 0. The lowest BCUT2D eigenvalue weighted by Crippen LogP contribution is -2.65. The van der Waals surface area contributed by atoms with Crippen LogP contribution in [0.15, 0.2) is 146 Å². The number of ether oxygens (including phenoxy) is 4. The molecule has 0 spiro atoms. The minimum absolute atomic E-state index is 0.250. The van der Waals surface area contributed by atoms with Crippen molar-refractivity contribution in [2.24, 2.45) is 0 Å². The Kier molecular flexibility index (Phi) is 58.9. The van der Waals surface area contributed by atoms with Gasteiger partial charge in [-0.15, -0.1) is 0 Å². The standard InChI is InChI=1S/C82H137NO13/c1-3-5-7-9-11-13-15-17-19-21-23-25-27-28-29-30-31-32-33-34-35-36-37-38-39-40-41-42-44-46-48-50-52-54-56-58-60-62-64-66-74(87)83-70(69-93-81-79(92)77(90)80(73(68-85)95-81)96-82-78(91)76(89)75(88)72(67-84)94-82)71(86)65-63-61-59-57-55-53-51-49-47-45-43-26-24-22-20-18-16-14-12-10-8-6-4-2/h5,7,11,13,17,19,23,25,28-29,31-32,34-35,37-38,40-41,44,46,50,52,63,65,70-73,75-82,84-86,88-92H,3-4,6,8-10,12,14-16,18,20-22,24,26-27,30,33,36,39,42-43,45,47-49,51,53-62,64,66-69H2,1-2H3,(H,83,87)/b7-5-,13-11-,19-17-,25-23-,29-28-,32-31-,35-34-,38-37-,41-40-,46-44-,52-50-,65-63+. The Hall–Kier alpha value is -4.13. The number of nitrogens with one attached hydrogen (secondary N) is 1. The molecule has 2 heterocycles. The van der Waals surface area contributed by atoms with Crippen molar-refractivity contribution in [3.8, 4) is 0 Å². The van der Waals surface area contributed by atoms with Crippen molar-refractivity contribution in [3.05, 3.63) is 146 Å². The van der Waals surface area contributed by atoms with Crippen LogP contribution in [0.4, 0.5) is 0 Å². The Bertz CT molecular complexity index is 2180. The number of hydrogen-bond acceptors (Lipinski definition) is 13. The van der Waals surface area contributed by atoms with Gasteiger partial charge in [-0.05, 0) is 103 Å². The fourth-order valence-electron chi connectivity index (χ4n) is 11.5. The Morgan fingerprint density at radius 2 is 0.719 bits per heavy atom. The number of amides is 1. The van der Waals surface area contributed by atoms with Crippen molar-refractivity contribution in [1.29, 1.82) is 0 Å². The summed E-state index contributed by atoms with van der Waals surface area (Å²) in [7, 11) is 0. The molecule has 96 heavy (non-hydrogen) atoms. The monoisotopic (exact) mass is 1340 g/mol. The molecule has 0 aromatic carbocycles. The third-order valence-electron chi connectivity index (χ3n) is 17.5. The molecule has 0 radical (unpaired) electrons. The quantitative estimate of drug-likeness (QED) is 0.0204. The molecule has 12 atom stereocenters. The minimum Gasteiger partial charge on any atom is -0.394 e. The molecule has 2 aliphatic rings. The first kappa shape index (κ1) is 88.0. The van der Waals surface area contributed by atoms with Gasteiger partial charge in [0.2, 0.25) is 5.91 Å². The lowest BCUT2D eigenvalue weighted by Gasteiger charge is -2.46. The molecule has 0 aliphatic carbocycles. The normalized spacial score (nSPS) is 23.1. The van der Waals surface area contributed by atoms with Gasteiger partial charge in [0.25, 0.3) is 0 Å². The maximum atomic E-state index is 13.4. The Balaban J connectivity index is 1.67. The highest BCUT2D eigenvalue weighted by molar-refractivity contribution is 5.76. The zero-order valence-corrected chi connectivity index (χ0v) is 59.8. The largest absolute Gasteiger partial charge is 0.394 e. The number of allylic oxidation sites excluding steroid dienone is 23. The van der Waals surface area contributed by atoms with E-state index in [9.17, 15) is 45.6 Å². The number of carbonyl (C=O) groups is 1. The minimum atomic E-state index is -1.80. The van der Waals surface area contributed by atoms with E-state index >= 15 is 0 Å². The first-order valence-corrected chi connectivity index (χ1v) is 38.1. The van der Waals surface area contributed by atoms with E-state index in [0.717, 1.165) is 122 Å². The van der Waals surface area contributed by atoms with Crippen molar-refractivity contribution in [1.82, 2.24) is 5.32 Å². The molecule has 2 fully saturated rings. The molecule has 9 N–H and O–H groups in total. The second-order valence-electron chi connectivity index (χ2n) is 26.0. The number of rotatable bonds is 61. The van der Waals surface area contributed by atoms with Gasteiger partial charge in [-0.2, -0.15) is 0 Å². The molecule has 0 aromatic rings. The molecular formula is C82H137NO13. The molecule has 548 valence electrons. The summed E-state index contributed by atoms with van der Waals surface area (Å²) in [5.74, 6) is -0.262. The average molecular weight is 1340 g/mol. The Labute approximate surface area is 583 Å². The molecule has 0 bridgehead atoms. The van der Waals surface area contributed by atoms with Crippen LogP contribution in [0.5, 0.6) is 0 Å². The summed E-state index contributed by atoms with van der Waals surface area (Å²) in [6, 6.07) is -0.938. The molecule has 2 aliphatic heterocycles. The predicted molar refractivity (Wildman–Crippen MR) is 396 cm³/mol. The number of unbranched alkanes of at least 4 members (excludes halogenated alkanes) is 26. The van der Waals surface area contributed by atoms with E-state index in [2.05, 4.69) is 153 Å². The fraction of sp³-hybridized carbons (Fsp3) is 0.695. The zero-order valence-electron chi connectivity index (χ0n) is 59.8. The van der Waals surface area contributed by atoms with E-state index in [1.807, 2.05) is 6.08 Å². The smallest absolute Gasteiger partial charge is 0.220 e. The van der Waals surface area contributed by atoms with Gasteiger partial charge in [0.05, 0.1) is 32.0 Å². The Morgan fingerprint density at radius 3 is 1.10 bits per heavy atom. The van der Waals surface area contributed by atoms with Gasteiger partial charge < -0.3 is 65.1 Å². The number of carbonyl (C=O) groups excluding carboxylic acids is 1. The summed E-state index contributed by atoms with van der Waals surface area (Å²) in [6.07, 6.45) is 80.4. The molecule has 1 amide bonds. The van der Waals surface area contributed by atoms with Crippen LogP contribution in [-0.4, -0.2) is 140 Å². The summed E-state index contributed by atoms with van der Waals surface area (Å²) < 4.78 is 22.9. The SMILES string of the molecule is CC/C=C\C/C=C\C/C=C\C/C=C\C/C=C\C/C=C\C/C=C\C/C=C\C/C=C\C/C=C\C/C=C\CCCCCCCC(=O)NC(COC1OC(CO)C(OC2OC(CO)C(O)C(O)C2O)C(O)C1O)C(O)/C=C/CCCCCCCCCCCCCCCCCCCCCCC. The van der Waals surface area contributed by atoms with Crippen molar-refractivity contribution >= 4 is 5.91 Å². The van der Waals surface area contributed by atoms with Crippen LogP contribution < -0.4 is 5.32 Å². The van der Waals surface area contributed by atoms with Gasteiger partial charge >= 0.3 is 0 Å². The third-order valence-corrected chi connectivity index (χ3v) is 17.5. The number of hydrogen-bond donors (Lipinski definition) is 9. The fourth-order valence-corrected chi connectivity index (χ4v) is 11.5. The number of aliphatic hydroxyl groups is 8. The molecule has 14 heteroatoms. The van der Waals surface area contributed by atoms with Gasteiger partial charge in [-0.3, -0.25) is 4.79 Å². The van der Waals surface area contributed by atoms with Crippen LogP contribution in [0.1, 0.15) is 271 Å². The summed E-state index contributed by atoms with van der Waals surface area (Å²) in [5.41, 5.74) is 0. The highest BCUT2D eigenvalue weighted by Crippen LogP contribution is 2.30. The first-order chi connectivity index (χ1) is 47.1. The molecule has 12 unspecified atom stereocenters. The predicted octanol–water partition coefficient (Wildman–Crippen LogP) is 16.8. The van der Waals surface area contributed by atoms with Crippen LogP contribution in [0.3, 0.4) is 0 Å². The first-order valence-electron chi connectivity index (χ1n) is 38.1. The highest BCUT2D eigenvalue weighted by atomic mass is 16.7. The third kappa shape index (κ3) is 47.0. The second kappa shape index (κ2) is 64.3. The maximum absolute atomic E-state index is 13.4. The van der Waals surface area contributed by atoms with Gasteiger partial charge in [-0.25, -0.2) is 0 Å². The van der Waals surface area contributed by atoms with E-state index in [-0.39, 0.29) is 18.9 Å². The topological polar surface area (TPSA) is 228 Å². The van der Waals surface area contributed by atoms with E-state index in [0.29, 0.717) is 6.42 Å². The van der Waals surface area contributed by atoms with E-state index in [1.165, 1.54) is 122 Å². The molecule has 0 saturated carbocycles. The lowest BCUT2D eigenvalue weighted by molar-refractivity contribution is -0.359. The van der Waals surface area contributed by atoms with Gasteiger partial charge in [0, 0.05) is 6.42 Å². The van der Waals surface area contributed by atoms with Crippen molar-refractivity contribution in [3.63, 3.8) is 0 Å². The molecular weight excluding hydrogens is 1210 g/mol. The van der Waals surface area contributed by atoms with Crippen molar-refractivity contribution in [2.75, 3.05) is 19.8 Å². The molecule has 14 nitrogen and oxygen atoms in total. The van der Waals surface area contributed by atoms with Crippen molar-refractivity contribution in [2.45, 2.75) is 344 Å². The summed E-state index contributed by atoms with van der Waals surface area (Å²) in [4.78, 5) is 13.4. The van der Waals surface area contributed by atoms with E-state index in [4.69, 9.17) is 18.9 Å². The van der Waals surface area contributed by atoms with Gasteiger partial charge in [0.15, 0.2) is 12.6 Å². The van der Waals surface area contributed by atoms with Crippen molar-refractivity contribution < 1.29 is 64.6 Å². The van der Waals surface area contributed by atoms with Gasteiger partial charge in [-0.1, -0.05) is 307 Å². The highest BCUT2D eigenvalue weighted by Gasteiger charge is 2.51. The van der Waals surface area contributed by atoms with Crippen LogP contribution in [-0.2, 0) is 23.7 Å². The summed E-state index contributed by atoms with van der Waals surface area (Å²) in [5, 5.41) is 87.6. The van der Waals surface area contributed by atoms with Crippen LogP contribution in [0.25, 0.3) is 0 Å². The molecule has 0 aromatic heterocycles. The average Bonchev–Trinajstić information content (AvgIpc) is 0.806. The van der Waals surface area contributed by atoms with Crippen LogP contribution >= 0.6 is 0 Å². The van der Waals surface area contributed by atoms with E-state index in [1.54, 1.807) is 6.08 Å². The zero-order chi connectivity index (χ0) is 69.4. The summed E-state index contributed by atoms with van der Waals surface area (Å²) in [6.45, 7) is 2.69. The molecule has 2 rings (SSSR count). The lowest BCUT2D eigenvalue weighted by atomic mass is 9.97. The van der Waals surface area contributed by atoms with Crippen LogP contribution in [0.2, 0.25) is 0 Å². The Morgan fingerprint density at radius 1 is 0.385 bits per heavy atom. The van der Waals surface area contributed by atoms with Crippen LogP contribution in [0, 0.1) is 0 Å². The number of aliphatic hydroxyl groups excluding tert-OH is 8.